The predicted octanol–water partition coefficient (Wildman–Crippen LogP) is 3.97. The van der Waals surface area contributed by atoms with E-state index in [1.54, 1.807) is 0 Å². The van der Waals surface area contributed by atoms with Gasteiger partial charge in [0.25, 0.3) is 5.91 Å². The normalized spacial score (nSPS) is 17.3. The molecule has 0 saturated carbocycles. The standard InChI is InChI=1S/C21H24N2O2/c1-12-8-15(4)20(16(5)9-12)22-18-11-19(24)23(21(18)25)17-7-6-13(2)14(3)10-17/h6-10,18,22H,11H2,1-5H3/t18-/m0/s1. The number of carbonyl (C=O) groups is 2. The van der Waals surface area contributed by atoms with Crippen LogP contribution in [0.15, 0.2) is 30.3 Å². The van der Waals surface area contributed by atoms with Gasteiger partial charge in [-0.2, -0.15) is 0 Å². The first-order valence-electron chi connectivity index (χ1n) is 8.56. The van der Waals surface area contributed by atoms with Crippen molar-refractivity contribution in [2.75, 3.05) is 10.2 Å². The Morgan fingerprint density at radius 1 is 0.880 bits per heavy atom. The lowest BCUT2D eigenvalue weighted by molar-refractivity contribution is -0.121. The van der Waals surface area contributed by atoms with Crippen LogP contribution < -0.4 is 10.2 Å². The van der Waals surface area contributed by atoms with Crippen LogP contribution in [-0.2, 0) is 9.59 Å². The summed E-state index contributed by atoms with van der Waals surface area (Å²) in [6, 6.07) is 9.32. The first kappa shape index (κ1) is 17.2. The van der Waals surface area contributed by atoms with Crippen LogP contribution in [0.1, 0.15) is 34.2 Å². The Kier molecular flexibility index (Phi) is 4.38. The summed E-state index contributed by atoms with van der Waals surface area (Å²) < 4.78 is 0. The lowest BCUT2D eigenvalue weighted by Crippen LogP contribution is -2.35. The molecule has 1 fully saturated rings. The molecule has 1 heterocycles. The van der Waals surface area contributed by atoms with Crippen LogP contribution in [0.4, 0.5) is 11.4 Å². The quantitative estimate of drug-likeness (QED) is 0.863. The topological polar surface area (TPSA) is 49.4 Å². The van der Waals surface area contributed by atoms with E-state index < -0.39 is 6.04 Å². The Hall–Kier alpha value is -2.62. The number of hydrogen-bond donors (Lipinski definition) is 1. The number of imide groups is 1. The van der Waals surface area contributed by atoms with Gasteiger partial charge in [0.05, 0.1) is 12.1 Å². The zero-order chi connectivity index (χ0) is 18.3. The number of nitrogens with zero attached hydrogens (tertiary/aromatic N) is 1. The van der Waals surface area contributed by atoms with Crippen molar-refractivity contribution in [1.29, 1.82) is 0 Å². The van der Waals surface area contributed by atoms with Crippen molar-refractivity contribution in [1.82, 2.24) is 0 Å². The monoisotopic (exact) mass is 336 g/mol. The highest BCUT2D eigenvalue weighted by Crippen LogP contribution is 2.29. The molecule has 4 nitrogen and oxygen atoms in total. The number of carbonyl (C=O) groups excluding carboxylic acids is 2. The Morgan fingerprint density at radius 2 is 1.52 bits per heavy atom. The fraction of sp³-hybridized carbons (Fsp3) is 0.333. The van der Waals surface area contributed by atoms with Crippen LogP contribution in [0.5, 0.6) is 0 Å². The Morgan fingerprint density at radius 3 is 2.12 bits per heavy atom. The zero-order valence-electron chi connectivity index (χ0n) is 15.4. The summed E-state index contributed by atoms with van der Waals surface area (Å²) >= 11 is 0. The molecule has 2 amide bonds. The van der Waals surface area contributed by atoms with Gasteiger partial charge in [0.2, 0.25) is 5.91 Å². The molecular weight excluding hydrogens is 312 g/mol. The van der Waals surface area contributed by atoms with Crippen LogP contribution >= 0.6 is 0 Å². The molecule has 0 bridgehead atoms. The summed E-state index contributed by atoms with van der Waals surface area (Å²) in [4.78, 5) is 26.6. The number of nitrogens with one attached hydrogen (secondary N) is 1. The van der Waals surface area contributed by atoms with E-state index in [4.69, 9.17) is 0 Å². The van der Waals surface area contributed by atoms with E-state index in [1.165, 1.54) is 10.5 Å². The van der Waals surface area contributed by atoms with Gasteiger partial charge in [-0.15, -0.1) is 0 Å². The van der Waals surface area contributed by atoms with E-state index in [2.05, 4.69) is 24.4 Å². The van der Waals surface area contributed by atoms with Gasteiger partial charge in [-0.25, -0.2) is 4.90 Å². The van der Waals surface area contributed by atoms with Crippen LogP contribution in [-0.4, -0.2) is 17.9 Å². The molecule has 0 spiro atoms. The molecule has 3 rings (SSSR count). The molecule has 0 radical (unpaired) electrons. The summed E-state index contributed by atoms with van der Waals surface area (Å²) in [6.45, 7) is 10.1. The molecule has 2 aromatic rings. The number of rotatable bonds is 3. The first-order chi connectivity index (χ1) is 11.8. The molecule has 0 aromatic heterocycles. The van der Waals surface area contributed by atoms with Crippen molar-refractivity contribution in [2.24, 2.45) is 0 Å². The molecule has 1 N–H and O–H groups in total. The van der Waals surface area contributed by atoms with Crippen molar-refractivity contribution in [3.63, 3.8) is 0 Å². The molecule has 0 aliphatic carbocycles. The zero-order valence-corrected chi connectivity index (χ0v) is 15.4. The largest absolute Gasteiger partial charge is 0.373 e. The highest BCUT2D eigenvalue weighted by molar-refractivity contribution is 6.23. The lowest BCUT2D eigenvalue weighted by atomic mass is 10.0. The Bertz CT molecular complexity index is 847. The highest BCUT2D eigenvalue weighted by Gasteiger charge is 2.39. The van der Waals surface area contributed by atoms with Crippen molar-refractivity contribution in [2.45, 2.75) is 47.1 Å². The fourth-order valence-electron chi connectivity index (χ4n) is 3.46. The van der Waals surface area contributed by atoms with Crippen molar-refractivity contribution >= 4 is 23.2 Å². The highest BCUT2D eigenvalue weighted by atomic mass is 16.2. The number of amides is 2. The van der Waals surface area contributed by atoms with Gasteiger partial charge < -0.3 is 5.32 Å². The Balaban J connectivity index is 1.88. The maximum absolute atomic E-state index is 12.8. The summed E-state index contributed by atoms with van der Waals surface area (Å²) in [6.07, 6.45) is 0.179. The summed E-state index contributed by atoms with van der Waals surface area (Å²) in [5.74, 6) is -0.346. The molecule has 1 saturated heterocycles. The van der Waals surface area contributed by atoms with Crippen LogP contribution in [0.25, 0.3) is 0 Å². The SMILES string of the molecule is Cc1cc(C)c(N[C@H]2CC(=O)N(c3ccc(C)c(C)c3)C2=O)c(C)c1. The van der Waals surface area contributed by atoms with Gasteiger partial charge in [0.1, 0.15) is 6.04 Å². The van der Waals surface area contributed by atoms with Crippen LogP contribution in [0.2, 0.25) is 0 Å². The molecule has 25 heavy (non-hydrogen) atoms. The second kappa shape index (κ2) is 6.36. The molecule has 1 aliphatic rings. The van der Waals surface area contributed by atoms with E-state index in [0.29, 0.717) is 5.69 Å². The molecule has 2 aromatic carbocycles. The molecule has 130 valence electrons. The van der Waals surface area contributed by atoms with E-state index in [-0.39, 0.29) is 18.2 Å². The Labute approximate surface area is 148 Å². The van der Waals surface area contributed by atoms with Crippen LogP contribution in [0.3, 0.4) is 0 Å². The second-order valence-electron chi connectivity index (χ2n) is 7.01. The third-order valence-corrected chi connectivity index (χ3v) is 4.89. The molecular formula is C21H24N2O2. The lowest BCUT2D eigenvalue weighted by Gasteiger charge is -2.19. The van der Waals surface area contributed by atoms with Gasteiger partial charge in [-0.1, -0.05) is 23.8 Å². The summed E-state index contributed by atoms with van der Waals surface area (Å²) in [5, 5.41) is 3.30. The van der Waals surface area contributed by atoms with E-state index in [1.807, 2.05) is 45.9 Å². The summed E-state index contributed by atoms with van der Waals surface area (Å²) in [5.41, 5.74) is 7.16. The van der Waals surface area contributed by atoms with Crippen molar-refractivity contribution < 1.29 is 9.59 Å². The van der Waals surface area contributed by atoms with E-state index in [9.17, 15) is 9.59 Å². The van der Waals surface area contributed by atoms with Gasteiger partial charge in [-0.3, -0.25) is 9.59 Å². The minimum absolute atomic E-state index is 0.159. The van der Waals surface area contributed by atoms with E-state index in [0.717, 1.165) is 27.9 Å². The third-order valence-electron chi connectivity index (χ3n) is 4.89. The maximum atomic E-state index is 12.8. The summed E-state index contributed by atoms with van der Waals surface area (Å²) in [7, 11) is 0. The minimum Gasteiger partial charge on any atom is -0.373 e. The fourth-order valence-corrected chi connectivity index (χ4v) is 3.46. The molecule has 1 aliphatic heterocycles. The van der Waals surface area contributed by atoms with E-state index >= 15 is 0 Å². The second-order valence-corrected chi connectivity index (χ2v) is 7.01. The number of hydrogen-bond acceptors (Lipinski definition) is 3. The predicted molar refractivity (Wildman–Crippen MR) is 101 cm³/mol. The van der Waals surface area contributed by atoms with Crippen molar-refractivity contribution in [3.8, 4) is 0 Å². The average Bonchev–Trinajstić information content (AvgIpc) is 2.80. The molecule has 1 atom stereocenters. The number of aryl methyl sites for hydroxylation is 5. The van der Waals surface area contributed by atoms with Gasteiger partial charge in [-0.05, 0) is 69.0 Å². The minimum atomic E-state index is -0.519. The number of anilines is 2. The third kappa shape index (κ3) is 3.16. The smallest absolute Gasteiger partial charge is 0.256 e. The number of benzene rings is 2. The maximum Gasteiger partial charge on any atom is 0.256 e. The van der Waals surface area contributed by atoms with Crippen molar-refractivity contribution in [3.05, 3.63) is 58.1 Å². The first-order valence-corrected chi connectivity index (χ1v) is 8.56. The van der Waals surface area contributed by atoms with Gasteiger partial charge >= 0.3 is 0 Å². The molecule has 0 unspecified atom stereocenters. The van der Waals surface area contributed by atoms with Gasteiger partial charge in [0.15, 0.2) is 0 Å². The van der Waals surface area contributed by atoms with Gasteiger partial charge in [0, 0.05) is 5.69 Å². The van der Waals surface area contributed by atoms with Crippen LogP contribution in [0, 0.1) is 34.6 Å². The molecule has 4 heteroatoms. The average molecular weight is 336 g/mol.